The van der Waals surface area contributed by atoms with Crippen LogP contribution in [0.1, 0.15) is 20.7 Å². The number of rotatable bonds is 8. The molecule has 0 radical (unpaired) electrons. The second-order valence-corrected chi connectivity index (χ2v) is 6.60. The van der Waals surface area contributed by atoms with Gasteiger partial charge in [-0.2, -0.15) is 0 Å². The van der Waals surface area contributed by atoms with Crippen molar-refractivity contribution in [3.8, 4) is 23.0 Å². The molecule has 0 aromatic heterocycles. The van der Waals surface area contributed by atoms with Crippen LogP contribution in [0.4, 0.5) is 0 Å². The van der Waals surface area contributed by atoms with E-state index in [1.54, 1.807) is 0 Å². The molecule has 0 fully saturated rings. The molecule has 0 spiro atoms. The predicted octanol–water partition coefficient (Wildman–Crippen LogP) is -0.892. The van der Waals surface area contributed by atoms with Crippen LogP contribution < -0.4 is 5.73 Å². The lowest BCUT2D eigenvalue weighted by Gasteiger charge is -2.28. The number of carbonyl (C=O) groups excluding carboxylic acids is 3. The number of hydrogen-bond donors (Lipinski definition) is 7. The normalized spacial score (nSPS) is 12.4. The molecule has 2 amide bonds. The second kappa shape index (κ2) is 10.3. The van der Waals surface area contributed by atoms with Gasteiger partial charge in [-0.25, -0.2) is 4.79 Å². The molecular formula is C20H20N2O11. The standard InChI is InChI=1S/C20H20N2O11/c21-11(7-23)20(32)33-8-12(19(30)31)22(17(28)9-3-1-5-13(24)15(9)26)18(29)10-4-2-6-14(25)16(10)27/h1-6,11-12,23-27H,7-8,21H2,(H,30,31). The second-order valence-electron chi connectivity index (χ2n) is 6.60. The molecule has 0 saturated carbocycles. The van der Waals surface area contributed by atoms with Gasteiger partial charge in [-0.1, -0.05) is 12.1 Å². The quantitative estimate of drug-likeness (QED) is 0.143. The molecule has 0 heterocycles. The minimum atomic E-state index is -2.21. The van der Waals surface area contributed by atoms with Gasteiger partial charge in [-0.3, -0.25) is 19.3 Å². The third-order valence-electron chi connectivity index (χ3n) is 4.41. The average Bonchev–Trinajstić information content (AvgIpc) is 2.78. The van der Waals surface area contributed by atoms with Crippen LogP contribution in [0.2, 0.25) is 0 Å². The van der Waals surface area contributed by atoms with Crippen molar-refractivity contribution < 1.29 is 54.6 Å². The number of hydrogen-bond acceptors (Lipinski definition) is 11. The smallest absolute Gasteiger partial charge is 0.330 e. The molecule has 0 bridgehead atoms. The van der Waals surface area contributed by atoms with E-state index in [1.807, 2.05) is 0 Å². The summed E-state index contributed by atoms with van der Waals surface area (Å²) in [7, 11) is 0. The van der Waals surface area contributed by atoms with Crippen molar-refractivity contribution in [2.75, 3.05) is 13.2 Å². The van der Waals surface area contributed by atoms with Crippen LogP contribution >= 0.6 is 0 Å². The Balaban J connectivity index is 2.59. The number of nitrogens with two attached hydrogens (primary N) is 1. The summed E-state index contributed by atoms with van der Waals surface area (Å²) in [5.41, 5.74) is 3.91. The van der Waals surface area contributed by atoms with E-state index in [0.717, 1.165) is 36.4 Å². The van der Waals surface area contributed by atoms with E-state index in [0.29, 0.717) is 0 Å². The zero-order valence-corrected chi connectivity index (χ0v) is 16.8. The number of ether oxygens (including phenoxy) is 1. The van der Waals surface area contributed by atoms with Gasteiger partial charge < -0.3 is 41.1 Å². The topological polar surface area (TPSA) is 228 Å². The van der Waals surface area contributed by atoms with Gasteiger partial charge in [-0.15, -0.1) is 0 Å². The van der Waals surface area contributed by atoms with Crippen LogP contribution in [-0.2, 0) is 14.3 Å². The number of amides is 2. The first-order valence-corrected chi connectivity index (χ1v) is 9.16. The number of para-hydroxylation sites is 2. The van der Waals surface area contributed by atoms with Gasteiger partial charge in [0.1, 0.15) is 12.6 Å². The van der Waals surface area contributed by atoms with Gasteiger partial charge in [-0.05, 0) is 24.3 Å². The summed E-state index contributed by atoms with van der Waals surface area (Å²) in [6.45, 7) is -1.94. The number of aliphatic hydroxyl groups is 1. The molecule has 2 aromatic rings. The van der Waals surface area contributed by atoms with Gasteiger partial charge in [0, 0.05) is 0 Å². The minimum absolute atomic E-state index is 0.0586. The maximum absolute atomic E-state index is 13.1. The first-order valence-electron chi connectivity index (χ1n) is 9.16. The van der Waals surface area contributed by atoms with Crippen molar-refractivity contribution in [3.63, 3.8) is 0 Å². The number of aliphatic carboxylic acids is 1. The summed E-state index contributed by atoms with van der Waals surface area (Å²) in [6, 6.07) is 2.53. The SMILES string of the molecule is NC(CO)C(=O)OCC(C(=O)O)N(C(=O)c1cccc(O)c1O)C(=O)c1cccc(O)c1O. The van der Waals surface area contributed by atoms with Gasteiger partial charge in [0.15, 0.2) is 29.0 Å². The zero-order valence-electron chi connectivity index (χ0n) is 16.8. The Morgan fingerprint density at radius 2 is 1.33 bits per heavy atom. The van der Waals surface area contributed by atoms with E-state index < -0.39 is 83.2 Å². The van der Waals surface area contributed by atoms with E-state index in [4.69, 9.17) is 15.6 Å². The van der Waals surface area contributed by atoms with Crippen LogP contribution in [0.3, 0.4) is 0 Å². The number of nitrogens with zero attached hydrogens (tertiary/aromatic N) is 1. The van der Waals surface area contributed by atoms with Crippen LogP contribution in [-0.4, -0.2) is 84.6 Å². The van der Waals surface area contributed by atoms with Crippen molar-refractivity contribution in [1.82, 2.24) is 4.90 Å². The summed E-state index contributed by atoms with van der Waals surface area (Å²) in [6.07, 6.45) is 0. The molecule has 0 aliphatic heterocycles. The lowest BCUT2D eigenvalue weighted by molar-refractivity contribution is -0.152. The van der Waals surface area contributed by atoms with E-state index in [2.05, 4.69) is 0 Å². The number of carboxylic acids is 1. The molecule has 2 rings (SSSR count). The number of benzene rings is 2. The molecule has 176 valence electrons. The number of imide groups is 1. The summed E-state index contributed by atoms with van der Waals surface area (Å²) in [4.78, 5) is 50.0. The largest absolute Gasteiger partial charge is 0.504 e. The van der Waals surface area contributed by atoms with E-state index in [9.17, 15) is 44.7 Å². The summed E-state index contributed by atoms with van der Waals surface area (Å²) in [5, 5.41) is 58.0. The lowest BCUT2D eigenvalue weighted by atomic mass is 10.1. The fourth-order valence-corrected chi connectivity index (χ4v) is 2.64. The Morgan fingerprint density at radius 3 is 1.73 bits per heavy atom. The highest BCUT2D eigenvalue weighted by Gasteiger charge is 2.39. The summed E-state index contributed by atoms with van der Waals surface area (Å²) in [5.74, 6) is -9.38. The maximum Gasteiger partial charge on any atom is 0.330 e. The summed E-state index contributed by atoms with van der Waals surface area (Å²) >= 11 is 0. The Labute approximate surface area is 185 Å². The molecule has 13 heteroatoms. The number of phenolic OH excluding ortho intramolecular Hbond substituents is 4. The van der Waals surface area contributed by atoms with Crippen LogP contribution in [0.15, 0.2) is 36.4 Å². The van der Waals surface area contributed by atoms with Crippen molar-refractivity contribution in [3.05, 3.63) is 47.5 Å². The molecule has 8 N–H and O–H groups in total. The zero-order chi connectivity index (χ0) is 24.9. The first kappa shape index (κ1) is 24.9. The molecule has 2 atom stereocenters. The first-order chi connectivity index (χ1) is 15.5. The van der Waals surface area contributed by atoms with Crippen molar-refractivity contribution in [1.29, 1.82) is 0 Å². The monoisotopic (exact) mass is 464 g/mol. The highest BCUT2D eigenvalue weighted by Crippen LogP contribution is 2.33. The van der Waals surface area contributed by atoms with Gasteiger partial charge in [0.25, 0.3) is 11.8 Å². The Kier molecular flexibility index (Phi) is 7.77. The van der Waals surface area contributed by atoms with Crippen molar-refractivity contribution in [2.24, 2.45) is 5.73 Å². The van der Waals surface area contributed by atoms with E-state index in [-0.39, 0.29) is 4.90 Å². The molecule has 33 heavy (non-hydrogen) atoms. The highest BCUT2D eigenvalue weighted by molar-refractivity contribution is 6.14. The molecule has 13 nitrogen and oxygen atoms in total. The van der Waals surface area contributed by atoms with Crippen molar-refractivity contribution in [2.45, 2.75) is 12.1 Å². The van der Waals surface area contributed by atoms with E-state index >= 15 is 0 Å². The molecule has 0 saturated heterocycles. The number of carboxylic acid groups (broad SMARTS) is 1. The minimum Gasteiger partial charge on any atom is -0.504 e. The van der Waals surface area contributed by atoms with Gasteiger partial charge in [0.2, 0.25) is 0 Å². The van der Waals surface area contributed by atoms with Crippen molar-refractivity contribution >= 4 is 23.8 Å². The Hall–Kier alpha value is -4.36. The van der Waals surface area contributed by atoms with Crippen LogP contribution in [0.5, 0.6) is 23.0 Å². The van der Waals surface area contributed by atoms with E-state index in [1.165, 1.54) is 0 Å². The third-order valence-corrected chi connectivity index (χ3v) is 4.41. The fraction of sp³-hybridized carbons (Fsp3) is 0.200. The summed E-state index contributed by atoms with van der Waals surface area (Å²) < 4.78 is 4.70. The third kappa shape index (κ3) is 5.28. The highest BCUT2D eigenvalue weighted by atomic mass is 16.5. The number of carbonyl (C=O) groups is 4. The Morgan fingerprint density at radius 1 is 0.879 bits per heavy atom. The van der Waals surface area contributed by atoms with Gasteiger partial charge in [0.05, 0.1) is 17.7 Å². The van der Waals surface area contributed by atoms with Crippen LogP contribution in [0.25, 0.3) is 0 Å². The molecule has 0 aliphatic carbocycles. The van der Waals surface area contributed by atoms with Crippen LogP contribution in [0, 0.1) is 0 Å². The maximum atomic E-state index is 13.1. The number of phenols is 4. The average molecular weight is 464 g/mol. The Bertz CT molecular complexity index is 1020. The van der Waals surface area contributed by atoms with Gasteiger partial charge >= 0.3 is 11.9 Å². The molecule has 2 unspecified atom stereocenters. The predicted molar refractivity (Wildman–Crippen MR) is 107 cm³/mol. The molecule has 0 aliphatic rings. The number of aliphatic hydroxyl groups excluding tert-OH is 1. The number of aromatic hydroxyl groups is 4. The number of esters is 1. The lowest BCUT2D eigenvalue weighted by Crippen LogP contribution is -2.52. The molecule has 2 aromatic carbocycles. The fourth-order valence-electron chi connectivity index (χ4n) is 2.64. The molecular weight excluding hydrogens is 444 g/mol.